The highest BCUT2D eigenvalue weighted by molar-refractivity contribution is 6.30. The van der Waals surface area contributed by atoms with Gasteiger partial charge in [-0.05, 0) is 19.1 Å². The van der Waals surface area contributed by atoms with Crippen molar-refractivity contribution in [3.63, 3.8) is 0 Å². The summed E-state index contributed by atoms with van der Waals surface area (Å²) in [4.78, 5) is 11.0. The van der Waals surface area contributed by atoms with Crippen LogP contribution in [0.15, 0.2) is 24.3 Å². The van der Waals surface area contributed by atoms with Crippen LogP contribution in [0, 0.1) is 0 Å². The third kappa shape index (κ3) is 4.81. The van der Waals surface area contributed by atoms with E-state index in [1.807, 2.05) is 29.6 Å². The van der Waals surface area contributed by atoms with E-state index < -0.39 is 0 Å². The van der Waals surface area contributed by atoms with Gasteiger partial charge in [0.1, 0.15) is 6.54 Å². The van der Waals surface area contributed by atoms with Crippen molar-refractivity contribution in [2.45, 2.75) is 13.5 Å². The number of esters is 1. The number of hydrogen-bond donors (Lipinski definition) is 1. The molecule has 0 aromatic heterocycles. The minimum absolute atomic E-state index is 0.175. The number of hydrogen-bond acceptors (Lipinski definition) is 2. The van der Waals surface area contributed by atoms with Crippen LogP contribution in [0.4, 0.5) is 0 Å². The molecule has 4 heteroatoms. The second kappa shape index (κ2) is 6.43. The Balaban J connectivity index is 2.26. The molecule has 0 saturated heterocycles. The summed E-state index contributed by atoms with van der Waals surface area (Å²) >= 11 is 5.75. The first kappa shape index (κ1) is 12.0. The van der Waals surface area contributed by atoms with Crippen LogP contribution >= 0.6 is 11.6 Å². The molecule has 2 N–H and O–H groups in total. The van der Waals surface area contributed by atoms with Crippen molar-refractivity contribution in [1.82, 2.24) is 0 Å². The van der Waals surface area contributed by atoms with Crippen molar-refractivity contribution >= 4 is 17.6 Å². The zero-order chi connectivity index (χ0) is 11.1. The molecule has 0 aliphatic carbocycles. The van der Waals surface area contributed by atoms with E-state index in [0.29, 0.717) is 13.2 Å². The second-order valence-corrected chi connectivity index (χ2v) is 3.56. The minimum Gasteiger partial charge on any atom is -0.462 e. The number of nitrogens with two attached hydrogens (primary N) is 1. The van der Waals surface area contributed by atoms with Gasteiger partial charge >= 0.3 is 5.97 Å². The lowest BCUT2D eigenvalue weighted by molar-refractivity contribution is -0.661. The van der Waals surface area contributed by atoms with Crippen molar-refractivity contribution in [3.8, 4) is 0 Å². The molecule has 0 atom stereocenters. The third-order valence-corrected chi connectivity index (χ3v) is 2.16. The van der Waals surface area contributed by atoms with E-state index in [2.05, 4.69) is 0 Å². The fourth-order valence-corrected chi connectivity index (χ4v) is 1.32. The number of halogens is 1. The normalized spacial score (nSPS) is 10.0. The molecule has 0 heterocycles. The van der Waals surface area contributed by atoms with Crippen LogP contribution in [0.5, 0.6) is 0 Å². The van der Waals surface area contributed by atoms with Crippen molar-refractivity contribution in [2.24, 2.45) is 0 Å². The predicted octanol–water partition coefficient (Wildman–Crippen LogP) is 0.967. The molecule has 0 fully saturated rings. The van der Waals surface area contributed by atoms with Crippen molar-refractivity contribution in [2.75, 3.05) is 13.2 Å². The maximum Gasteiger partial charge on any atom is 0.361 e. The maximum absolute atomic E-state index is 11.0. The van der Waals surface area contributed by atoms with Crippen LogP contribution in [0.2, 0.25) is 5.02 Å². The Morgan fingerprint density at radius 2 is 2.07 bits per heavy atom. The highest BCUT2D eigenvalue weighted by Gasteiger charge is 2.03. The number of carbonyl (C=O) groups is 1. The number of rotatable bonds is 5. The Kier molecular flexibility index (Phi) is 5.15. The topological polar surface area (TPSA) is 42.9 Å². The van der Waals surface area contributed by atoms with E-state index in [9.17, 15) is 4.79 Å². The SMILES string of the molecule is CCOC(=O)C[NH2+]Cc1ccc(Cl)cc1. The number of quaternary nitrogens is 1. The molecule has 0 spiro atoms. The van der Waals surface area contributed by atoms with Crippen molar-refractivity contribution in [3.05, 3.63) is 34.9 Å². The predicted molar refractivity (Wildman–Crippen MR) is 58.6 cm³/mol. The summed E-state index contributed by atoms with van der Waals surface area (Å²) in [6, 6.07) is 7.58. The van der Waals surface area contributed by atoms with Gasteiger partial charge in [-0.2, -0.15) is 0 Å². The van der Waals surface area contributed by atoms with Gasteiger partial charge in [-0.15, -0.1) is 0 Å². The van der Waals surface area contributed by atoms with E-state index in [4.69, 9.17) is 16.3 Å². The van der Waals surface area contributed by atoms with E-state index in [0.717, 1.165) is 17.1 Å². The molecule has 0 saturated carbocycles. The first-order valence-corrected chi connectivity index (χ1v) is 5.32. The van der Waals surface area contributed by atoms with E-state index in [1.54, 1.807) is 6.92 Å². The molecule has 15 heavy (non-hydrogen) atoms. The zero-order valence-electron chi connectivity index (χ0n) is 8.70. The molecule has 0 aliphatic rings. The highest BCUT2D eigenvalue weighted by Crippen LogP contribution is 2.08. The Morgan fingerprint density at radius 1 is 1.40 bits per heavy atom. The molecular weight excluding hydrogens is 214 g/mol. The van der Waals surface area contributed by atoms with Crippen LogP contribution in [-0.2, 0) is 16.1 Å². The molecular formula is C11H15ClNO2+. The standard InChI is InChI=1S/C11H14ClNO2/c1-2-15-11(14)8-13-7-9-3-5-10(12)6-4-9/h3-6,13H,2,7-8H2,1H3/p+1. The maximum atomic E-state index is 11.0. The molecule has 82 valence electrons. The van der Waals surface area contributed by atoms with Gasteiger partial charge in [0.15, 0.2) is 6.54 Å². The summed E-state index contributed by atoms with van der Waals surface area (Å²) < 4.78 is 4.81. The lowest BCUT2D eigenvalue weighted by Crippen LogP contribution is -2.84. The first-order chi connectivity index (χ1) is 7.22. The fourth-order valence-electron chi connectivity index (χ4n) is 1.20. The van der Waals surface area contributed by atoms with Gasteiger partial charge in [0.25, 0.3) is 0 Å². The average molecular weight is 229 g/mol. The first-order valence-electron chi connectivity index (χ1n) is 4.94. The lowest BCUT2D eigenvalue weighted by atomic mass is 10.2. The van der Waals surface area contributed by atoms with Crippen LogP contribution in [0.3, 0.4) is 0 Å². The van der Waals surface area contributed by atoms with Gasteiger partial charge in [0.05, 0.1) is 6.61 Å². The molecule has 0 bridgehead atoms. The smallest absolute Gasteiger partial charge is 0.361 e. The van der Waals surface area contributed by atoms with Gasteiger partial charge in [-0.1, -0.05) is 23.7 Å². The number of carbonyl (C=O) groups excluding carboxylic acids is 1. The van der Waals surface area contributed by atoms with Crippen molar-refractivity contribution < 1.29 is 14.8 Å². The monoisotopic (exact) mass is 228 g/mol. The number of benzene rings is 1. The van der Waals surface area contributed by atoms with Gasteiger partial charge in [0, 0.05) is 10.6 Å². The number of ether oxygens (including phenoxy) is 1. The highest BCUT2D eigenvalue weighted by atomic mass is 35.5. The average Bonchev–Trinajstić information content (AvgIpc) is 2.21. The second-order valence-electron chi connectivity index (χ2n) is 3.13. The summed E-state index contributed by atoms with van der Waals surface area (Å²) in [6.45, 7) is 3.36. The van der Waals surface area contributed by atoms with Gasteiger partial charge in [-0.3, -0.25) is 0 Å². The largest absolute Gasteiger partial charge is 0.462 e. The van der Waals surface area contributed by atoms with E-state index in [1.165, 1.54) is 0 Å². The molecule has 0 radical (unpaired) electrons. The minimum atomic E-state index is -0.175. The van der Waals surface area contributed by atoms with Gasteiger partial charge in [0.2, 0.25) is 0 Å². The van der Waals surface area contributed by atoms with Crippen LogP contribution in [0.25, 0.3) is 0 Å². The molecule has 0 amide bonds. The van der Waals surface area contributed by atoms with E-state index >= 15 is 0 Å². The zero-order valence-corrected chi connectivity index (χ0v) is 9.46. The Morgan fingerprint density at radius 3 is 2.67 bits per heavy atom. The van der Waals surface area contributed by atoms with Crippen LogP contribution < -0.4 is 5.32 Å². The van der Waals surface area contributed by atoms with Gasteiger partial charge in [-0.25, -0.2) is 4.79 Å². The molecule has 0 aliphatic heterocycles. The quantitative estimate of drug-likeness (QED) is 0.764. The summed E-state index contributed by atoms with van der Waals surface area (Å²) in [5.74, 6) is -0.175. The van der Waals surface area contributed by atoms with Crippen LogP contribution in [0.1, 0.15) is 12.5 Å². The summed E-state index contributed by atoms with van der Waals surface area (Å²) in [5, 5.41) is 2.63. The van der Waals surface area contributed by atoms with Crippen LogP contribution in [-0.4, -0.2) is 19.1 Å². The third-order valence-electron chi connectivity index (χ3n) is 1.91. The Hall–Kier alpha value is -1.06. The summed E-state index contributed by atoms with van der Waals surface area (Å²) in [7, 11) is 0. The van der Waals surface area contributed by atoms with Gasteiger partial charge < -0.3 is 10.1 Å². The lowest BCUT2D eigenvalue weighted by Gasteiger charge is -2.02. The van der Waals surface area contributed by atoms with Crippen molar-refractivity contribution in [1.29, 1.82) is 0 Å². The Bertz CT molecular complexity index is 311. The Labute approximate surface area is 94.4 Å². The molecule has 1 aromatic rings. The molecule has 3 nitrogen and oxygen atoms in total. The summed E-state index contributed by atoms with van der Waals surface area (Å²) in [5.41, 5.74) is 1.14. The summed E-state index contributed by atoms with van der Waals surface area (Å²) in [6.07, 6.45) is 0. The molecule has 0 unspecified atom stereocenters. The molecule has 1 rings (SSSR count). The van der Waals surface area contributed by atoms with E-state index in [-0.39, 0.29) is 5.97 Å². The fraction of sp³-hybridized carbons (Fsp3) is 0.364. The molecule has 1 aromatic carbocycles.